The molecule has 0 bridgehead atoms. The van der Waals surface area contributed by atoms with E-state index in [1.807, 2.05) is 30.9 Å². The van der Waals surface area contributed by atoms with Gasteiger partial charge in [0.25, 0.3) is 0 Å². The Bertz CT molecular complexity index is 783. The number of nitrogens with zero attached hydrogens (tertiary/aromatic N) is 2. The Hall–Kier alpha value is -2.27. The lowest BCUT2D eigenvalue weighted by molar-refractivity contribution is -0.120. The second-order valence-corrected chi connectivity index (χ2v) is 7.94. The molecule has 0 radical (unpaired) electrons. The minimum Gasteiger partial charge on any atom is -0.309 e. The van der Waals surface area contributed by atoms with Crippen LogP contribution in [-0.2, 0) is 11.3 Å². The van der Waals surface area contributed by atoms with Gasteiger partial charge >= 0.3 is 0 Å². The molecule has 0 spiro atoms. The SMILES string of the molecule is CC(C)CC(=O)N(c1ccc(F)cc1)C1CCN(Cc2ccccc2F)CC1. The fourth-order valence-corrected chi connectivity index (χ4v) is 3.81. The van der Waals surface area contributed by atoms with E-state index < -0.39 is 0 Å². The summed E-state index contributed by atoms with van der Waals surface area (Å²) >= 11 is 0. The summed E-state index contributed by atoms with van der Waals surface area (Å²) in [5.41, 5.74) is 1.45. The Kier molecular flexibility index (Phi) is 6.79. The maximum atomic E-state index is 13.9. The summed E-state index contributed by atoms with van der Waals surface area (Å²) < 4.78 is 27.3. The molecule has 2 aromatic carbocycles. The summed E-state index contributed by atoms with van der Waals surface area (Å²) in [5, 5.41) is 0. The topological polar surface area (TPSA) is 23.6 Å². The largest absolute Gasteiger partial charge is 0.309 e. The Morgan fingerprint density at radius 1 is 1.07 bits per heavy atom. The highest BCUT2D eigenvalue weighted by Gasteiger charge is 2.29. The molecule has 0 saturated carbocycles. The summed E-state index contributed by atoms with van der Waals surface area (Å²) in [6.07, 6.45) is 2.10. The molecule has 0 N–H and O–H groups in total. The molecular weight excluding hydrogens is 358 g/mol. The van der Waals surface area contributed by atoms with Crippen molar-refractivity contribution in [3.63, 3.8) is 0 Å². The smallest absolute Gasteiger partial charge is 0.227 e. The summed E-state index contributed by atoms with van der Waals surface area (Å²) in [6.45, 7) is 6.22. The number of likely N-dealkylation sites (tertiary alicyclic amines) is 1. The molecule has 1 saturated heterocycles. The number of carbonyl (C=O) groups is 1. The average molecular weight is 386 g/mol. The minimum absolute atomic E-state index is 0.0774. The summed E-state index contributed by atoms with van der Waals surface area (Å²) in [7, 11) is 0. The van der Waals surface area contributed by atoms with Gasteiger partial charge in [0.15, 0.2) is 0 Å². The van der Waals surface area contributed by atoms with E-state index in [2.05, 4.69) is 4.90 Å². The Morgan fingerprint density at radius 3 is 2.32 bits per heavy atom. The van der Waals surface area contributed by atoms with Crippen LogP contribution in [0.5, 0.6) is 0 Å². The monoisotopic (exact) mass is 386 g/mol. The van der Waals surface area contributed by atoms with Crippen LogP contribution >= 0.6 is 0 Å². The van der Waals surface area contributed by atoms with Crippen LogP contribution in [0.4, 0.5) is 14.5 Å². The molecule has 28 heavy (non-hydrogen) atoms. The molecule has 1 aliphatic rings. The third-order valence-corrected chi connectivity index (χ3v) is 5.23. The van der Waals surface area contributed by atoms with Crippen LogP contribution in [0.15, 0.2) is 48.5 Å². The van der Waals surface area contributed by atoms with Crippen LogP contribution in [-0.4, -0.2) is 29.9 Å². The number of halogens is 2. The van der Waals surface area contributed by atoms with Crippen LogP contribution in [0, 0.1) is 17.6 Å². The molecule has 5 heteroatoms. The minimum atomic E-state index is -0.306. The lowest BCUT2D eigenvalue weighted by Gasteiger charge is -2.39. The van der Waals surface area contributed by atoms with Crippen LogP contribution in [0.2, 0.25) is 0 Å². The first-order chi connectivity index (χ1) is 13.4. The molecule has 1 fully saturated rings. The number of hydrogen-bond acceptors (Lipinski definition) is 2. The van der Waals surface area contributed by atoms with Gasteiger partial charge in [-0.15, -0.1) is 0 Å². The van der Waals surface area contributed by atoms with Crippen molar-refractivity contribution >= 4 is 11.6 Å². The normalized spacial score (nSPS) is 15.8. The molecule has 2 aromatic rings. The molecule has 0 aliphatic carbocycles. The zero-order chi connectivity index (χ0) is 20.1. The van der Waals surface area contributed by atoms with Gasteiger partial charge in [-0.3, -0.25) is 9.69 Å². The van der Waals surface area contributed by atoms with E-state index in [-0.39, 0.29) is 29.5 Å². The second-order valence-electron chi connectivity index (χ2n) is 7.94. The van der Waals surface area contributed by atoms with Crippen LogP contribution in [0.1, 0.15) is 38.7 Å². The van der Waals surface area contributed by atoms with E-state index in [0.29, 0.717) is 18.5 Å². The highest BCUT2D eigenvalue weighted by Crippen LogP contribution is 2.26. The van der Waals surface area contributed by atoms with Crippen LogP contribution in [0.25, 0.3) is 0 Å². The first kappa shape index (κ1) is 20.5. The average Bonchev–Trinajstić information content (AvgIpc) is 2.66. The van der Waals surface area contributed by atoms with Gasteiger partial charge in [0.2, 0.25) is 5.91 Å². The van der Waals surface area contributed by atoms with E-state index in [1.54, 1.807) is 18.2 Å². The molecular formula is C23H28F2N2O. The first-order valence-corrected chi connectivity index (χ1v) is 9.97. The van der Waals surface area contributed by atoms with Crippen molar-refractivity contribution < 1.29 is 13.6 Å². The van der Waals surface area contributed by atoms with Crippen molar-refractivity contribution in [3.05, 3.63) is 65.7 Å². The van der Waals surface area contributed by atoms with Crippen molar-refractivity contribution in [1.82, 2.24) is 4.90 Å². The lowest BCUT2D eigenvalue weighted by Crippen LogP contribution is -2.47. The number of anilines is 1. The summed E-state index contributed by atoms with van der Waals surface area (Å²) in [5.74, 6) is -0.143. The van der Waals surface area contributed by atoms with Crippen molar-refractivity contribution in [2.24, 2.45) is 5.92 Å². The third-order valence-electron chi connectivity index (χ3n) is 5.23. The number of rotatable bonds is 6. The fourth-order valence-electron chi connectivity index (χ4n) is 3.81. The van der Waals surface area contributed by atoms with Gasteiger partial charge in [-0.2, -0.15) is 0 Å². The molecule has 1 heterocycles. The number of hydrogen-bond donors (Lipinski definition) is 0. The summed E-state index contributed by atoms with van der Waals surface area (Å²) in [6, 6.07) is 13.1. The van der Waals surface area contributed by atoms with E-state index in [1.165, 1.54) is 18.2 Å². The van der Waals surface area contributed by atoms with Crippen LogP contribution < -0.4 is 4.90 Å². The summed E-state index contributed by atoms with van der Waals surface area (Å²) in [4.78, 5) is 17.0. The van der Waals surface area contributed by atoms with Crippen molar-refractivity contribution in [3.8, 4) is 0 Å². The maximum absolute atomic E-state index is 13.9. The first-order valence-electron chi connectivity index (χ1n) is 9.97. The van der Waals surface area contributed by atoms with Gasteiger partial charge in [0.05, 0.1) is 0 Å². The number of carbonyl (C=O) groups excluding carboxylic acids is 1. The van der Waals surface area contributed by atoms with Crippen molar-refractivity contribution in [1.29, 1.82) is 0 Å². The number of amides is 1. The Labute approximate surface area is 166 Å². The molecule has 3 rings (SSSR count). The molecule has 150 valence electrons. The second kappa shape index (κ2) is 9.28. The highest BCUT2D eigenvalue weighted by molar-refractivity contribution is 5.94. The molecule has 0 unspecified atom stereocenters. The molecule has 0 atom stereocenters. The highest BCUT2D eigenvalue weighted by atomic mass is 19.1. The van der Waals surface area contributed by atoms with E-state index >= 15 is 0 Å². The molecule has 1 amide bonds. The van der Waals surface area contributed by atoms with E-state index in [0.717, 1.165) is 31.6 Å². The van der Waals surface area contributed by atoms with Gasteiger partial charge in [0, 0.05) is 43.3 Å². The van der Waals surface area contributed by atoms with E-state index in [9.17, 15) is 13.6 Å². The molecule has 1 aliphatic heterocycles. The zero-order valence-electron chi connectivity index (χ0n) is 16.6. The lowest BCUT2D eigenvalue weighted by atomic mass is 9.99. The van der Waals surface area contributed by atoms with Gasteiger partial charge < -0.3 is 4.90 Å². The Balaban J connectivity index is 1.69. The van der Waals surface area contributed by atoms with Gasteiger partial charge in [0.1, 0.15) is 11.6 Å². The van der Waals surface area contributed by atoms with Gasteiger partial charge in [-0.25, -0.2) is 8.78 Å². The zero-order valence-corrected chi connectivity index (χ0v) is 16.6. The number of benzene rings is 2. The van der Waals surface area contributed by atoms with E-state index in [4.69, 9.17) is 0 Å². The predicted molar refractivity (Wildman–Crippen MR) is 108 cm³/mol. The quantitative estimate of drug-likeness (QED) is 0.697. The maximum Gasteiger partial charge on any atom is 0.227 e. The predicted octanol–water partition coefficient (Wildman–Crippen LogP) is 5.01. The number of piperidine rings is 1. The van der Waals surface area contributed by atoms with Crippen molar-refractivity contribution in [2.45, 2.75) is 45.7 Å². The van der Waals surface area contributed by atoms with Crippen molar-refractivity contribution in [2.75, 3.05) is 18.0 Å². The Morgan fingerprint density at radius 2 is 1.71 bits per heavy atom. The molecule has 0 aromatic heterocycles. The van der Waals surface area contributed by atoms with Gasteiger partial charge in [-0.1, -0.05) is 32.0 Å². The standard InChI is InChI=1S/C23H28F2N2O/c1-17(2)15-23(28)27(20-9-7-19(24)8-10-20)21-11-13-26(14-12-21)16-18-5-3-4-6-22(18)25/h3-10,17,21H,11-16H2,1-2H3. The molecule has 3 nitrogen and oxygen atoms in total. The third kappa shape index (κ3) is 5.16. The fraction of sp³-hybridized carbons (Fsp3) is 0.435. The van der Waals surface area contributed by atoms with Gasteiger partial charge in [-0.05, 0) is 49.1 Å². The van der Waals surface area contributed by atoms with Crippen LogP contribution in [0.3, 0.4) is 0 Å².